The molecule has 27 heavy (non-hydrogen) atoms. The van der Waals surface area contributed by atoms with Gasteiger partial charge in [0, 0.05) is 18.7 Å². The van der Waals surface area contributed by atoms with E-state index in [-0.39, 0.29) is 25.4 Å². The van der Waals surface area contributed by atoms with Crippen LogP contribution in [0, 0.1) is 0 Å². The van der Waals surface area contributed by atoms with Crippen LogP contribution in [0.5, 0.6) is 0 Å². The van der Waals surface area contributed by atoms with Crippen molar-refractivity contribution in [2.24, 2.45) is 0 Å². The zero-order chi connectivity index (χ0) is 18.6. The van der Waals surface area contributed by atoms with Crippen molar-refractivity contribution in [3.8, 4) is 11.6 Å². The normalized spacial score (nSPS) is 12.8. The van der Waals surface area contributed by atoms with E-state index >= 15 is 0 Å². The van der Waals surface area contributed by atoms with E-state index in [4.69, 9.17) is 13.7 Å². The number of nitrogens with zero attached hydrogens (tertiary/aromatic N) is 3. The Bertz CT molecular complexity index is 948. The fourth-order valence-corrected chi connectivity index (χ4v) is 2.96. The molecule has 3 heterocycles. The second-order valence-corrected chi connectivity index (χ2v) is 6.07. The van der Waals surface area contributed by atoms with Gasteiger partial charge in [0.15, 0.2) is 12.4 Å². The molecule has 0 spiro atoms. The van der Waals surface area contributed by atoms with Crippen molar-refractivity contribution in [2.75, 3.05) is 18.1 Å². The molecule has 1 aliphatic heterocycles. The molecule has 0 N–H and O–H groups in total. The first-order valence-electron chi connectivity index (χ1n) is 8.61. The van der Waals surface area contributed by atoms with Gasteiger partial charge in [-0.1, -0.05) is 23.4 Å². The number of para-hydroxylation sites is 1. The highest BCUT2D eigenvalue weighted by Crippen LogP contribution is 2.27. The maximum Gasteiger partial charge on any atom is 0.306 e. The van der Waals surface area contributed by atoms with E-state index in [1.165, 1.54) is 6.26 Å². The predicted octanol–water partition coefficient (Wildman–Crippen LogP) is 2.39. The first kappa shape index (κ1) is 17.0. The zero-order valence-electron chi connectivity index (χ0n) is 14.5. The molecule has 4 rings (SSSR count). The van der Waals surface area contributed by atoms with Crippen molar-refractivity contribution in [3.05, 3.63) is 54.1 Å². The molecule has 138 valence electrons. The van der Waals surface area contributed by atoms with E-state index in [0.717, 1.165) is 17.7 Å². The van der Waals surface area contributed by atoms with Crippen molar-refractivity contribution in [1.29, 1.82) is 0 Å². The molecule has 0 bridgehead atoms. The molecule has 0 radical (unpaired) electrons. The Morgan fingerprint density at radius 1 is 1.19 bits per heavy atom. The number of carbonyl (C=O) groups is 2. The summed E-state index contributed by atoms with van der Waals surface area (Å²) in [5, 5.41) is 3.79. The van der Waals surface area contributed by atoms with Crippen LogP contribution in [0.25, 0.3) is 11.6 Å². The third-order valence-corrected chi connectivity index (χ3v) is 4.30. The summed E-state index contributed by atoms with van der Waals surface area (Å²) in [5.41, 5.74) is 2.01. The van der Waals surface area contributed by atoms with Crippen LogP contribution in [0.3, 0.4) is 0 Å². The Kier molecular flexibility index (Phi) is 4.69. The Balaban J connectivity index is 1.25. The van der Waals surface area contributed by atoms with Crippen LogP contribution in [0.1, 0.15) is 17.9 Å². The molecule has 0 fully saturated rings. The van der Waals surface area contributed by atoms with Crippen LogP contribution >= 0.6 is 0 Å². The largest absolute Gasteiger partial charge is 0.461 e. The highest BCUT2D eigenvalue weighted by atomic mass is 16.5. The smallest absolute Gasteiger partial charge is 0.306 e. The fourth-order valence-electron chi connectivity index (χ4n) is 2.96. The first-order valence-corrected chi connectivity index (χ1v) is 8.61. The second kappa shape index (κ2) is 7.45. The number of esters is 1. The topological polar surface area (TPSA) is 98.7 Å². The summed E-state index contributed by atoms with van der Waals surface area (Å²) < 4.78 is 15.4. The maximum atomic E-state index is 12.3. The van der Waals surface area contributed by atoms with Gasteiger partial charge in [0.05, 0.1) is 12.7 Å². The lowest BCUT2D eigenvalue weighted by molar-refractivity contribution is -0.147. The minimum absolute atomic E-state index is 0.0453. The van der Waals surface area contributed by atoms with E-state index in [1.807, 2.05) is 24.3 Å². The molecule has 0 unspecified atom stereocenters. The van der Waals surface area contributed by atoms with Crippen LogP contribution in [0.4, 0.5) is 5.69 Å². The monoisotopic (exact) mass is 367 g/mol. The molecule has 8 nitrogen and oxygen atoms in total. The molecular weight excluding hydrogens is 350 g/mol. The molecule has 1 aromatic carbocycles. The lowest BCUT2D eigenvalue weighted by Gasteiger charge is -2.17. The lowest BCUT2D eigenvalue weighted by atomic mass is 10.2. The van der Waals surface area contributed by atoms with Gasteiger partial charge in [-0.05, 0) is 30.2 Å². The number of hydrogen-bond acceptors (Lipinski definition) is 7. The summed E-state index contributed by atoms with van der Waals surface area (Å²) in [6.07, 6.45) is 2.60. The summed E-state index contributed by atoms with van der Waals surface area (Å²) >= 11 is 0. The molecule has 1 amide bonds. The minimum Gasteiger partial charge on any atom is -0.461 e. The second-order valence-electron chi connectivity index (χ2n) is 6.07. The fraction of sp³-hybridized carbons (Fsp3) is 0.263. The number of hydrogen-bond donors (Lipinski definition) is 0. The summed E-state index contributed by atoms with van der Waals surface area (Å²) in [4.78, 5) is 30.0. The Morgan fingerprint density at radius 2 is 2.07 bits per heavy atom. The average Bonchev–Trinajstić information content (AvgIpc) is 3.44. The van der Waals surface area contributed by atoms with Crippen molar-refractivity contribution >= 4 is 17.6 Å². The molecule has 0 atom stereocenters. The van der Waals surface area contributed by atoms with E-state index < -0.39 is 5.97 Å². The predicted molar refractivity (Wildman–Crippen MR) is 93.8 cm³/mol. The Morgan fingerprint density at radius 3 is 2.93 bits per heavy atom. The molecule has 0 aliphatic carbocycles. The van der Waals surface area contributed by atoms with Gasteiger partial charge in [-0.3, -0.25) is 9.59 Å². The van der Waals surface area contributed by atoms with Gasteiger partial charge in [0.2, 0.25) is 11.7 Å². The van der Waals surface area contributed by atoms with Crippen molar-refractivity contribution in [2.45, 2.75) is 19.3 Å². The van der Waals surface area contributed by atoms with Crippen LogP contribution in [-0.4, -0.2) is 35.2 Å². The highest BCUT2D eigenvalue weighted by Gasteiger charge is 2.24. The number of furan rings is 1. The van der Waals surface area contributed by atoms with Crippen molar-refractivity contribution < 1.29 is 23.3 Å². The zero-order valence-corrected chi connectivity index (χ0v) is 14.5. The molecular formula is C19H17N3O5. The van der Waals surface area contributed by atoms with Gasteiger partial charge in [-0.2, -0.15) is 4.98 Å². The number of amides is 1. The van der Waals surface area contributed by atoms with E-state index in [2.05, 4.69) is 10.1 Å². The molecule has 3 aromatic rings. The molecule has 0 saturated heterocycles. The van der Waals surface area contributed by atoms with Crippen LogP contribution < -0.4 is 4.90 Å². The van der Waals surface area contributed by atoms with Gasteiger partial charge < -0.3 is 18.6 Å². The van der Waals surface area contributed by atoms with Crippen LogP contribution in [0.2, 0.25) is 0 Å². The summed E-state index contributed by atoms with van der Waals surface area (Å²) in [7, 11) is 0. The summed E-state index contributed by atoms with van der Waals surface area (Å²) in [6, 6.07) is 11.2. The van der Waals surface area contributed by atoms with Gasteiger partial charge in [-0.25, -0.2) is 0 Å². The number of rotatable bonds is 6. The number of ether oxygens (including phenoxy) is 1. The third kappa shape index (κ3) is 3.74. The summed E-state index contributed by atoms with van der Waals surface area (Å²) in [5.74, 6) is 0.397. The number of anilines is 1. The Labute approximate surface area is 154 Å². The molecule has 2 aromatic heterocycles. The molecule has 1 aliphatic rings. The SMILES string of the molecule is O=C(CCc1nc(-c2ccco2)no1)OCC(=O)N1CCc2ccccc21. The highest BCUT2D eigenvalue weighted by molar-refractivity contribution is 5.97. The van der Waals surface area contributed by atoms with E-state index in [0.29, 0.717) is 24.0 Å². The number of fused-ring (bicyclic) bond motifs is 1. The number of benzene rings is 1. The molecule has 0 saturated carbocycles. The quantitative estimate of drug-likeness (QED) is 0.617. The minimum atomic E-state index is -0.492. The van der Waals surface area contributed by atoms with Crippen LogP contribution in [-0.2, 0) is 27.2 Å². The number of aromatic nitrogens is 2. The van der Waals surface area contributed by atoms with Gasteiger partial charge in [0.1, 0.15) is 0 Å². The number of aryl methyl sites for hydroxylation is 1. The standard InChI is InChI=1S/C19H17N3O5/c23-17(22-10-9-13-4-1-2-5-14(13)22)12-26-18(24)8-7-16-20-19(21-27-16)15-6-3-11-25-15/h1-6,11H,7-10,12H2. The average molecular weight is 367 g/mol. The van der Waals surface area contributed by atoms with Crippen LogP contribution in [0.15, 0.2) is 51.6 Å². The third-order valence-electron chi connectivity index (χ3n) is 4.30. The summed E-state index contributed by atoms with van der Waals surface area (Å²) in [6.45, 7) is 0.321. The maximum absolute atomic E-state index is 12.3. The van der Waals surface area contributed by atoms with E-state index in [1.54, 1.807) is 17.0 Å². The van der Waals surface area contributed by atoms with Gasteiger partial charge in [0.25, 0.3) is 5.91 Å². The van der Waals surface area contributed by atoms with E-state index in [9.17, 15) is 9.59 Å². The lowest BCUT2D eigenvalue weighted by Crippen LogP contribution is -2.33. The van der Waals surface area contributed by atoms with Gasteiger partial charge >= 0.3 is 5.97 Å². The molecule has 8 heteroatoms. The first-order chi connectivity index (χ1) is 13.2. The van der Waals surface area contributed by atoms with Crippen molar-refractivity contribution in [1.82, 2.24) is 10.1 Å². The Hall–Kier alpha value is -3.42. The van der Waals surface area contributed by atoms with Gasteiger partial charge in [-0.15, -0.1) is 0 Å². The number of carbonyl (C=O) groups excluding carboxylic acids is 2. The van der Waals surface area contributed by atoms with Crippen molar-refractivity contribution in [3.63, 3.8) is 0 Å².